The van der Waals surface area contributed by atoms with Gasteiger partial charge in [-0.2, -0.15) is 0 Å². The van der Waals surface area contributed by atoms with Crippen molar-refractivity contribution in [2.24, 2.45) is 0 Å². The molecule has 0 radical (unpaired) electrons. The first-order valence-electron chi connectivity index (χ1n) is 16.0. The van der Waals surface area contributed by atoms with Gasteiger partial charge >= 0.3 is 0 Å². The number of nitrogens with one attached hydrogen (secondary N) is 2. The summed E-state index contributed by atoms with van der Waals surface area (Å²) in [5, 5.41) is 0. The summed E-state index contributed by atoms with van der Waals surface area (Å²) in [5.74, 6) is 0. The van der Waals surface area contributed by atoms with Gasteiger partial charge in [0.1, 0.15) is 0 Å². The molecule has 7 rings (SSSR count). The van der Waals surface area contributed by atoms with Gasteiger partial charge in [-0.3, -0.25) is 0 Å². The number of benzene rings is 2. The van der Waals surface area contributed by atoms with E-state index in [0.717, 1.165) is 106 Å². The normalized spacial score (nSPS) is 12.2. The lowest BCUT2D eigenvalue weighted by Crippen LogP contribution is -1.95. The number of H-pyrrole nitrogens is 2. The van der Waals surface area contributed by atoms with Crippen molar-refractivity contribution >= 4 is 46.4 Å². The van der Waals surface area contributed by atoms with Gasteiger partial charge in [0.25, 0.3) is 0 Å². The first kappa shape index (κ1) is 27.8. The van der Waals surface area contributed by atoms with Gasteiger partial charge in [0, 0.05) is 38.8 Å². The van der Waals surface area contributed by atoms with Gasteiger partial charge in [-0.25, -0.2) is 9.97 Å². The number of rotatable bonds is 8. The Labute approximate surface area is 259 Å². The van der Waals surface area contributed by atoms with Crippen LogP contribution >= 0.6 is 0 Å². The largest absolute Gasteiger partial charge is 0.355 e. The van der Waals surface area contributed by atoms with Crippen LogP contribution in [0.3, 0.4) is 0 Å². The van der Waals surface area contributed by atoms with Gasteiger partial charge < -0.3 is 9.97 Å². The zero-order valence-electron chi connectivity index (χ0n) is 25.5. The van der Waals surface area contributed by atoms with E-state index < -0.39 is 0 Å². The Morgan fingerprint density at radius 1 is 0.455 bits per heavy atom. The second-order valence-corrected chi connectivity index (χ2v) is 11.6. The molecule has 5 aromatic rings. The van der Waals surface area contributed by atoms with Crippen LogP contribution in [-0.2, 0) is 12.8 Å². The molecule has 0 saturated carbocycles. The Balaban J connectivity index is 1.64. The van der Waals surface area contributed by atoms with E-state index in [2.05, 4.69) is 133 Å². The van der Waals surface area contributed by atoms with Crippen LogP contribution in [0.15, 0.2) is 84.9 Å². The van der Waals surface area contributed by atoms with Crippen molar-refractivity contribution in [1.29, 1.82) is 0 Å². The molecule has 0 amide bonds. The summed E-state index contributed by atoms with van der Waals surface area (Å²) in [4.78, 5) is 18.3. The molecular formula is C40H38N4. The zero-order valence-corrected chi connectivity index (χ0v) is 25.5. The van der Waals surface area contributed by atoms with Gasteiger partial charge in [-0.05, 0) is 90.9 Å². The summed E-state index contributed by atoms with van der Waals surface area (Å²) in [6, 6.07) is 30.1. The molecule has 0 fully saturated rings. The van der Waals surface area contributed by atoms with Crippen LogP contribution in [0.25, 0.3) is 68.6 Å². The van der Waals surface area contributed by atoms with E-state index in [-0.39, 0.29) is 0 Å². The number of fused-ring (bicyclic) bond motifs is 8. The van der Waals surface area contributed by atoms with E-state index in [1.54, 1.807) is 0 Å². The molecule has 8 bridgehead atoms. The van der Waals surface area contributed by atoms with Gasteiger partial charge in [-0.1, -0.05) is 87.4 Å². The van der Waals surface area contributed by atoms with Crippen molar-refractivity contribution in [1.82, 2.24) is 19.9 Å². The van der Waals surface area contributed by atoms with Gasteiger partial charge in [0.15, 0.2) is 0 Å². The highest BCUT2D eigenvalue weighted by molar-refractivity contribution is 5.94. The minimum Gasteiger partial charge on any atom is -0.355 e. The zero-order chi connectivity index (χ0) is 29.9. The molecule has 4 heteroatoms. The van der Waals surface area contributed by atoms with Gasteiger partial charge in [-0.15, -0.1) is 0 Å². The Morgan fingerprint density at radius 3 is 1.32 bits per heavy atom. The van der Waals surface area contributed by atoms with E-state index in [1.165, 1.54) is 11.1 Å². The Hall–Kier alpha value is -4.96. The van der Waals surface area contributed by atoms with E-state index in [0.29, 0.717) is 0 Å². The SMILES string of the molecule is CCCCc1c2nc(c(-c3ccccc3)c3ccc([nH]3)c(CCCC)c3ccc([nH]3)c(-c3ccccc3)c3nc1C=C3)C=C2. The molecule has 0 atom stereocenters. The third-order valence-corrected chi connectivity index (χ3v) is 8.66. The average molecular weight is 575 g/mol. The lowest BCUT2D eigenvalue weighted by molar-refractivity contribution is 0.788. The number of aromatic amines is 2. The maximum Gasteiger partial charge on any atom is 0.0737 e. The fourth-order valence-electron chi connectivity index (χ4n) is 6.37. The summed E-state index contributed by atoms with van der Waals surface area (Å²) < 4.78 is 0. The third-order valence-electron chi connectivity index (χ3n) is 8.66. The fraction of sp³-hybridized carbons (Fsp3) is 0.200. The number of nitrogens with zero attached hydrogens (tertiary/aromatic N) is 2. The van der Waals surface area contributed by atoms with Crippen molar-refractivity contribution in [3.05, 3.63) is 119 Å². The van der Waals surface area contributed by atoms with Crippen LogP contribution in [0, 0.1) is 0 Å². The summed E-state index contributed by atoms with van der Waals surface area (Å²) in [6.07, 6.45) is 15.0. The molecule has 0 spiro atoms. The van der Waals surface area contributed by atoms with Crippen LogP contribution in [0.2, 0.25) is 0 Å². The third kappa shape index (κ3) is 5.33. The van der Waals surface area contributed by atoms with Crippen LogP contribution in [0.4, 0.5) is 0 Å². The maximum atomic E-state index is 5.30. The highest BCUT2D eigenvalue weighted by Crippen LogP contribution is 2.34. The molecule has 2 aromatic carbocycles. The average Bonchev–Trinajstić information content (AvgIpc) is 3.89. The highest BCUT2D eigenvalue weighted by atomic mass is 14.8. The topological polar surface area (TPSA) is 57.4 Å². The lowest BCUT2D eigenvalue weighted by Gasteiger charge is -2.06. The minimum absolute atomic E-state index is 0.930. The van der Waals surface area contributed by atoms with Gasteiger partial charge in [0.2, 0.25) is 0 Å². The van der Waals surface area contributed by atoms with Crippen molar-refractivity contribution in [3.8, 4) is 22.3 Å². The van der Waals surface area contributed by atoms with E-state index >= 15 is 0 Å². The molecule has 0 aliphatic carbocycles. The summed E-state index contributed by atoms with van der Waals surface area (Å²) >= 11 is 0. The maximum absolute atomic E-state index is 5.30. The Morgan fingerprint density at radius 2 is 0.864 bits per heavy atom. The predicted octanol–water partition coefficient (Wildman–Crippen LogP) is 10.7. The molecule has 3 aromatic heterocycles. The van der Waals surface area contributed by atoms with Crippen molar-refractivity contribution in [2.45, 2.75) is 52.4 Å². The number of hydrogen-bond acceptors (Lipinski definition) is 2. The Kier molecular flexibility index (Phi) is 7.81. The standard InChI is InChI=1S/C40H38N4/c1-3-5-17-29-31-19-23-35(41-31)39(27-13-9-7-10-14-27)37-25-21-33(43-37)30(18-6-4-2)34-22-26-38(44-34)40(28-15-11-8-12-16-28)36-24-20-32(29)42-36/h7-16,19-26,41-42H,3-6,17-18H2,1-2H3. The number of aryl methyl sites for hydroxylation is 1. The second-order valence-electron chi connectivity index (χ2n) is 11.6. The van der Waals surface area contributed by atoms with Crippen LogP contribution in [-0.4, -0.2) is 19.9 Å². The molecule has 2 N–H and O–H groups in total. The molecule has 5 heterocycles. The van der Waals surface area contributed by atoms with E-state index in [9.17, 15) is 0 Å². The number of unbranched alkanes of at least 4 members (excludes halogenated alkanes) is 2. The van der Waals surface area contributed by atoms with Crippen molar-refractivity contribution in [2.75, 3.05) is 0 Å². The number of aromatic nitrogens is 4. The highest BCUT2D eigenvalue weighted by Gasteiger charge is 2.17. The van der Waals surface area contributed by atoms with Crippen molar-refractivity contribution < 1.29 is 0 Å². The van der Waals surface area contributed by atoms with Crippen LogP contribution < -0.4 is 0 Å². The predicted molar refractivity (Wildman–Crippen MR) is 187 cm³/mol. The fourth-order valence-corrected chi connectivity index (χ4v) is 6.37. The van der Waals surface area contributed by atoms with E-state index in [1.807, 2.05) is 0 Å². The summed E-state index contributed by atoms with van der Waals surface area (Å²) in [6.45, 7) is 4.49. The molecule has 0 unspecified atom stereocenters. The molecule has 44 heavy (non-hydrogen) atoms. The molecule has 4 nitrogen and oxygen atoms in total. The quantitative estimate of drug-likeness (QED) is 0.190. The van der Waals surface area contributed by atoms with Crippen LogP contribution in [0.5, 0.6) is 0 Å². The molecular weight excluding hydrogens is 536 g/mol. The smallest absolute Gasteiger partial charge is 0.0737 e. The molecule has 218 valence electrons. The van der Waals surface area contributed by atoms with E-state index in [4.69, 9.17) is 9.97 Å². The second kappa shape index (κ2) is 12.3. The molecule has 2 aliphatic rings. The van der Waals surface area contributed by atoms with Crippen LogP contribution in [0.1, 0.15) is 73.4 Å². The Bertz CT molecular complexity index is 1890. The first-order chi connectivity index (χ1) is 21.7. The summed E-state index contributed by atoms with van der Waals surface area (Å²) in [5.41, 5.74) is 15.4. The first-order valence-corrected chi connectivity index (χ1v) is 16.0. The van der Waals surface area contributed by atoms with Gasteiger partial charge in [0.05, 0.1) is 22.8 Å². The minimum atomic E-state index is 0.930. The summed E-state index contributed by atoms with van der Waals surface area (Å²) in [7, 11) is 0. The monoisotopic (exact) mass is 574 g/mol. The molecule has 0 saturated heterocycles. The van der Waals surface area contributed by atoms with Crippen molar-refractivity contribution in [3.63, 3.8) is 0 Å². The number of hydrogen-bond donors (Lipinski definition) is 2. The molecule has 2 aliphatic heterocycles. The lowest BCUT2D eigenvalue weighted by atomic mass is 10.0.